The minimum atomic E-state index is 0.300. The van der Waals surface area contributed by atoms with Crippen molar-refractivity contribution in [3.63, 3.8) is 0 Å². The molecule has 1 aliphatic rings. The second-order valence-electron chi connectivity index (χ2n) is 4.96. The van der Waals surface area contributed by atoms with Crippen LogP contribution in [0.4, 0.5) is 11.6 Å². The molecule has 0 saturated carbocycles. The lowest BCUT2D eigenvalue weighted by Gasteiger charge is -2.26. The Hall–Kier alpha value is -1.11. The number of hydrogen-bond acceptors (Lipinski definition) is 6. The van der Waals surface area contributed by atoms with Gasteiger partial charge in [0.1, 0.15) is 17.2 Å². The molecule has 6 nitrogen and oxygen atoms in total. The molecule has 0 spiro atoms. The van der Waals surface area contributed by atoms with Crippen LogP contribution in [0.2, 0.25) is 5.02 Å². The largest absolute Gasteiger partial charge is 0.382 e. The quantitative estimate of drug-likeness (QED) is 0.885. The standard InChI is InChI=1S/C12H20ClN5O/c1-17-6-9(19-3)4-8(17)5-18(2)12-10(13)11(14)15-7-16-12/h7-9H,4-6H2,1-3H3,(H2,14,15,16)/t8-,9-/m0/s1. The van der Waals surface area contributed by atoms with E-state index in [4.69, 9.17) is 22.1 Å². The molecule has 1 aromatic heterocycles. The van der Waals surface area contributed by atoms with Crippen molar-refractivity contribution in [3.05, 3.63) is 11.3 Å². The van der Waals surface area contributed by atoms with Crippen molar-refractivity contribution >= 4 is 23.2 Å². The van der Waals surface area contributed by atoms with Gasteiger partial charge in [-0.2, -0.15) is 0 Å². The van der Waals surface area contributed by atoms with E-state index < -0.39 is 0 Å². The third-order valence-electron chi connectivity index (χ3n) is 3.63. The molecule has 0 bridgehead atoms. The van der Waals surface area contributed by atoms with Crippen LogP contribution in [-0.4, -0.2) is 61.3 Å². The summed E-state index contributed by atoms with van der Waals surface area (Å²) in [6, 6.07) is 0.419. The molecule has 0 aliphatic carbocycles. The van der Waals surface area contributed by atoms with Gasteiger partial charge in [0.15, 0.2) is 5.82 Å². The first kappa shape index (κ1) is 14.3. The molecule has 2 N–H and O–H groups in total. The molecule has 0 amide bonds. The highest BCUT2D eigenvalue weighted by Crippen LogP contribution is 2.27. The molecule has 0 aromatic carbocycles. The smallest absolute Gasteiger partial charge is 0.152 e. The van der Waals surface area contributed by atoms with Crippen LogP contribution >= 0.6 is 11.6 Å². The maximum absolute atomic E-state index is 6.14. The Balaban J connectivity index is 2.05. The second-order valence-corrected chi connectivity index (χ2v) is 5.34. The second kappa shape index (κ2) is 5.90. The highest BCUT2D eigenvalue weighted by molar-refractivity contribution is 6.35. The summed E-state index contributed by atoms with van der Waals surface area (Å²) in [6.45, 7) is 1.78. The number of rotatable bonds is 4. The van der Waals surface area contributed by atoms with Crippen molar-refractivity contribution in [1.82, 2.24) is 14.9 Å². The van der Waals surface area contributed by atoms with E-state index in [9.17, 15) is 0 Å². The topological polar surface area (TPSA) is 67.5 Å². The molecule has 1 aliphatic heterocycles. The van der Waals surface area contributed by atoms with Gasteiger partial charge in [0.2, 0.25) is 0 Å². The molecule has 106 valence electrons. The van der Waals surface area contributed by atoms with E-state index in [1.807, 2.05) is 11.9 Å². The number of methoxy groups -OCH3 is 1. The lowest BCUT2D eigenvalue weighted by molar-refractivity contribution is 0.111. The maximum atomic E-state index is 6.14. The summed E-state index contributed by atoms with van der Waals surface area (Å²) >= 11 is 6.14. The fourth-order valence-corrected chi connectivity index (χ4v) is 2.70. The van der Waals surface area contributed by atoms with Gasteiger partial charge < -0.3 is 15.4 Å². The summed E-state index contributed by atoms with van der Waals surface area (Å²) in [6.07, 6.45) is 2.74. The fourth-order valence-electron chi connectivity index (χ4n) is 2.46. The molecular weight excluding hydrogens is 266 g/mol. The predicted octanol–water partition coefficient (Wildman–Crippen LogP) is 0.867. The van der Waals surface area contributed by atoms with Crippen LogP contribution in [0.1, 0.15) is 6.42 Å². The molecule has 0 radical (unpaired) electrons. The van der Waals surface area contributed by atoms with Crippen LogP contribution in [0.25, 0.3) is 0 Å². The lowest BCUT2D eigenvalue weighted by Crippen LogP contribution is -2.37. The van der Waals surface area contributed by atoms with E-state index in [0.29, 0.717) is 28.8 Å². The molecule has 2 rings (SSSR count). The van der Waals surface area contributed by atoms with Gasteiger partial charge in [-0.3, -0.25) is 4.90 Å². The third kappa shape index (κ3) is 3.08. The SMILES string of the molecule is CO[C@H]1C[C@@H](CN(C)c2ncnc(N)c2Cl)N(C)C1. The van der Waals surface area contributed by atoms with Gasteiger partial charge >= 0.3 is 0 Å². The minimum absolute atomic E-state index is 0.300. The number of nitrogen functional groups attached to an aromatic ring is 1. The first-order valence-corrected chi connectivity index (χ1v) is 6.60. The van der Waals surface area contributed by atoms with Gasteiger partial charge in [0, 0.05) is 33.3 Å². The van der Waals surface area contributed by atoms with E-state index in [2.05, 4.69) is 21.9 Å². The van der Waals surface area contributed by atoms with E-state index in [-0.39, 0.29) is 0 Å². The van der Waals surface area contributed by atoms with Gasteiger partial charge in [-0.05, 0) is 13.5 Å². The Kier molecular flexibility index (Phi) is 4.44. The summed E-state index contributed by atoms with van der Waals surface area (Å²) in [5.74, 6) is 0.983. The van der Waals surface area contributed by atoms with Crippen molar-refractivity contribution < 1.29 is 4.74 Å². The van der Waals surface area contributed by atoms with E-state index in [1.165, 1.54) is 6.33 Å². The van der Waals surface area contributed by atoms with Gasteiger partial charge in [0.05, 0.1) is 6.10 Å². The van der Waals surface area contributed by atoms with Crippen LogP contribution in [0.5, 0.6) is 0 Å². The summed E-state index contributed by atoms with van der Waals surface area (Å²) in [5, 5.41) is 0.411. The molecule has 19 heavy (non-hydrogen) atoms. The fraction of sp³-hybridized carbons (Fsp3) is 0.667. The van der Waals surface area contributed by atoms with Gasteiger partial charge in [-0.15, -0.1) is 0 Å². The number of anilines is 2. The van der Waals surface area contributed by atoms with Crippen LogP contribution in [-0.2, 0) is 4.74 Å². The van der Waals surface area contributed by atoms with Crippen LogP contribution < -0.4 is 10.6 Å². The minimum Gasteiger partial charge on any atom is -0.382 e. The monoisotopic (exact) mass is 285 g/mol. The summed E-state index contributed by atoms with van der Waals surface area (Å²) in [4.78, 5) is 12.4. The molecule has 7 heteroatoms. The molecule has 0 unspecified atom stereocenters. The maximum Gasteiger partial charge on any atom is 0.152 e. The van der Waals surface area contributed by atoms with Crippen LogP contribution in [0.15, 0.2) is 6.33 Å². The van der Waals surface area contributed by atoms with Crippen molar-refractivity contribution in [2.45, 2.75) is 18.6 Å². The predicted molar refractivity (Wildman–Crippen MR) is 76.6 cm³/mol. The first-order valence-electron chi connectivity index (χ1n) is 6.23. The van der Waals surface area contributed by atoms with Crippen molar-refractivity contribution in [3.8, 4) is 0 Å². The average molecular weight is 286 g/mol. The normalized spacial score (nSPS) is 23.8. The Bertz CT molecular complexity index is 444. The number of halogens is 1. The number of likely N-dealkylation sites (N-methyl/N-ethyl adjacent to an activating group) is 2. The number of nitrogens with zero attached hydrogens (tertiary/aromatic N) is 4. The molecule has 1 saturated heterocycles. The Morgan fingerprint density at radius 1 is 1.58 bits per heavy atom. The Morgan fingerprint density at radius 2 is 2.32 bits per heavy atom. The van der Waals surface area contributed by atoms with E-state index in [0.717, 1.165) is 19.5 Å². The zero-order valence-corrected chi connectivity index (χ0v) is 12.3. The number of nitrogens with two attached hydrogens (primary N) is 1. The van der Waals surface area contributed by atoms with Crippen molar-refractivity contribution in [2.75, 3.05) is 44.9 Å². The summed E-state index contributed by atoms with van der Waals surface area (Å²) in [5.41, 5.74) is 5.70. The summed E-state index contributed by atoms with van der Waals surface area (Å²) < 4.78 is 5.41. The average Bonchev–Trinajstić information content (AvgIpc) is 2.73. The van der Waals surface area contributed by atoms with E-state index in [1.54, 1.807) is 7.11 Å². The zero-order chi connectivity index (χ0) is 14.0. The van der Waals surface area contributed by atoms with Crippen LogP contribution in [0, 0.1) is 0 Å². The number of likely N-dealkylation sites (tertiary alicyclic amines) is 1. The molecule has 2 atom stereocenters. The summed E-state index contributed by atoms with van der Waals surface area (Å²) in [7, 11) is 5.82. The highest BCUT2D eigenvalue weighted by atomic mass is 35.5. The molecule has 1 aromatic rings. The zero-order valence-electron chi connectivity index (χ0n) is 11.5. The van der Waals surface area contributed by atoms with Crippen LogP contribution in [0.3, 0.4) is 0 Å². The Morgan fingerprint density at radius 3 is 2.95 bits per heavy atom. The molecular formula is C12H20ClN5O. The first-order chi connectivity index (χ1) is 9.02. The van der Waals surface area contributed by atoms with Crippen molar-refractivity contribution in [2.24, 2.45) is 0 Å². The Labute approximate surface area is 118 Å². The molecule has 1 fully saturated rings. The number of hydrogen-bond donors (Lipinski definition) is 1. The van der Waals surface area contributed by atoms with Gasteiger partial charge in [-0.1, -0.05) is 11.6 Å². The van der Waals surface area contributed by atoms with Gasteiger partial charge in [0.25, 0.3) is 0 Å². The van der Waals surface area contributed by atoms with Crippen molar-refractivity contribution in [1.29, 1.82) is 0 Å². The number of aromatic nitrogens is 2. The highest BCUT2D eigenvalue weighted by Gasteiger charge is 2.30. The molecule has 2 heterocycles. The lowest BCUT2D eigenvalue weighted by atomic mass is 10.2. The number of ether oxygens (including phenoxy) is 1. The third-order valence-corrected chi connectivity index (χ3v) is 3.99. The van der Waals surface area contributed by atoms with E-state index >= 15 is 0 Å². The van der Waals surface area contributed by atoms with Gasteiger partial charge in [-0.25, -0.2) is 9.97 Å².